The number of carbonyl (C=O) groups is 1. The third-order valence-electron chi connectivity index (χ3n) is 5.38. The van der Waals surface area contributed by atoms with Gasteiger partial charge >= 0.3 is 0 Å². The summed E-state index contributed by atoms with van der Waals surface area (Å²) in [6.45, 7) is 6.69. The molecule has 1 fully saturated rings. The second-order valence-corrected chi connectivity index (χ2v) is 8.97. The third kappa shape index (κ3) is 6.30. The van der Waals surface area contributed by atoms with Crippen molar-refractivity contribution in [3.05, 3.63) is 65.7 Å². The van der Waals surface area contributed by atoms with Crippen LogP contribution in [0.5, 0.6) is 0 Å². The summed E-state index contributed by atoms with van der Waals surface area (Å²) >= 11 is 1.81. The van der Waals surface area contributed by atoms with E-state index in [2.05, 4.69) is 72.6 Å². The molecular formula is C24H32N2OS. The van der Waals surface area contributed by atoms with Crippen LogP contribution in [-0.4, -0.2) is 24.7 Å². The maximum atomic E-state index is 12.3. The second kappa shape index (κ2) is 10.6. The lowest BCUT2D eigenvalue weighted by Crippen LogP contribution is -2.34. The zero-order valence-corrected chi connectivity index (χ0v) is 17.9. The van der Waals surface area contributed by atoms with Gasteiger partial charge in [0.2, 0.25) is 5.91 Å². The normalized spacial score (nSPS) is 17.9. The van der Waals surface area contributed by atoms with Gasteiger partial charge in [-0.2, -0.15) is 11.8 Å². The summed E-state index contributed by atoms with van der Waals surface area (Å²) in [5.74, 6) is 2.70. The quantitative estimate of drug-likeness (QED) is 0.604. The number of hydrogen-bond donors (Lipinski definition) is 1. The monoisotopic (exact) mass is 396 g/mol. The van der Waals surface area contributed by atoms with Gasteiger partial charge in [-0.15, -0.1) is 0 Å². The van der Waals surface area contributed by atoms with E-state index < -0.39 is 0 Å². The molecule has 1 saturated heterocycles. The zero-order chi connectivity index (χ0) is 19.8. The largest absolute Gasteiger partial charge is 0.371 e. The van der Waals surface area contributed by atoms with Crippen molar-refractivity contribution in [1.29, 1.82) is 0 Å². The highest BCUT2D eigenvalue weighted by Crippen LogP contribution is 2.24. The Kier molecular flexibility index (Phi) is 7.84. The molecule has 1 amide bonds. The summed E-state index contributed by atoms with van der Waals surface area (Å²) in [4.78, 5) is 14.7. The molecule has 2 aromatic rings. The molecule has 2 atom stereocenters. The smallest absolute Gasteiger partial charge is 0.221 e. The molecule has 2 aromatic carbocycles. The first-order valence-electron chi connectivity index (χ1n) is 10.4. The van der Waals surface area contributed by atoms with E-state index in [-0.39, 0.29) is 11.9 Å². The summed E-state index contributed by atoms with van der Waals surface area (Å²) < 4.78 is 0. The molecule has 1 heterocycles. The van der Waals surface area contributed by atoms with E-state index >= 15 is 0 Å². The van der Waals surface area contributed by atoms with Gasteiger partial charge in [-0.1, -0.05) is 49.4 Å². The third-order valence-corrected chi connectivity index (χ3v) is 6.41. The van der Waals surface area contributed by atoms with Crippen LogP contribution in [-0.2, 0) is 10.5 Å². The molecule has 1 aliphatic rings. The second-order valence-electron chi connectivity index (χ2n) is 7.86. The molecule has 1 N–H and O–H groups in total. The van der Waals surface area contributed by atoms with Crippen LogP contribution in [0.25, 0.3) is 0 Å². The molecular weight excluding hydrogens is 364 g/mol. The maximum Gasteiger partial charge on any atom is 0.221 e. The number of benzene rings is 2. The van der Waals surface area contributed by atoms with Crippen LogP contribution in [0.2, 0.25) is 0 Å². The summed E-state index contributed by atoms with van der Waals surface area (Å²) in [7, 11) is 0. The lowest BCUT2D eigenvalue weighted by molar-refractivity contribution is -0.121. The first-order chi connectivity index (χ1) is 13.6. The maximum absolute atomic E-state index is 12.3. The van der Waals surface area contributed by atoms with Crippen LogP contribution in [0.4, 0.5) is 5.69 Å². The van der Waals surface area contributed by atoms with Gasteiger partial charge in [-0.05, 0) is 48.9 Å². The van der Waals surface area contributed by atoms with Crippen LogP contribution in [0, 0.1) is 5.92 Å². The fourth-order valence-corrected chi connectivity index (χ4v) is 4.63. The predicted octanol–water partition coefficient (Wildman–Crippen LogP) is 5.42. The Labute approximate surface area is 173 Å². The van der Waals surface area contributed by atoms with E-state index in [0.29, 0.717) is 6.42 Å². The average Bonchev–Trinajstić information content (AvgIpc) is 2.72. The minimum Gasteiger partial charge on any atom is -0.371 e. The average molecular weight is 397 g/mol. The van der Waals surface area contributed by atoms with Gasteiger partial charge in [-0.25, -0.2) is 0 Å². The van der Waals surface area contributed by atoms with E-state index in [1.807, 2.05) is 17.8 Å². The summed E-state index contributed by atoms with van der Waals surface area (Å²) in [5, 5.41) is 3.14. The van der Waals surface area contributed by atoms with Crippen LogP contribution >= 0.6 is 11.8 Å². The molecule has 0 unspecified atom stereocenters. The van der Waals surface area contributed by atoms with Crippen molar-refractivity contribution in [2.24, 2.45) is 5.92 Å². The van der Waals surface area contributed by atoms with Gasteiger partial charge in [0.1, 0.15) is 0 Å². The fraction of sp³-hybridized carbons (Fsp3) is 0.458. The number of nitrogens with one attached hydrogen (secondary N) is 1. The molecule has 0 aliphatic carbocycles. The van der Waals surface area contributed by atoms with Gasteiger partial charge in [0, 0.05) is 36.7 Å². The van der Waals surface area contributed by atoms with Crippen molar-refractivity contribution in [2.75, 3.05) is 23.7 Å². The Morgan fingerprint density at radius 1 is 1.18 bits per heavy atom. The molecule has 0 saturated carbocycles. The topological polar surface area (TPSA) is 32.3 Å². The Morgan fingerprint density at radius 3 is 2.64 bits per heavy atom. The SMILES string of the molecule is C[C@H]1CCCN(c2ccc([C@H](C)NC(=O)CCSCc3ccccc3)cc2)C1. The van der Waals surface area contributed by atoms with Gasteiger partial charge in [-0.3, -0.25) is 4.79 Å². The van der Waals surface area contributed by atoms with Gasteiger partial charge < -0.3 is 10.2 Å². The number of piperidine rings is 1. The number of nitrogens with zero attached hydrogens (tertiary/aromatic N) is 1. The lowest BCUT2D eigenvalue weighted by Gasteiger charge is -2.33. The van der Waals surface area contributed by atoms with Crippen molar-refractivity contribution < 1.29 is 4.79 Å². The number of carbonyl (C=O) groups excluding carboxylic acids is 1. The molecule has 1 aliphatic heterocycles. The standard InChI is InChI=1S/C24H32N2OS/c1-19-7-6-15-26(17-19)23-12-10-22(11-13-23)20(2)25-24(27)14-16-28-18-21-8-4-3-5-9-21/h3-5,8-13,19-20H,6-7,14-18H2,1-2H3,(H,25,27)/t19-,20-/m0/s1. The van der Waals surface area contributed by atoms with Crippen LogP contribution in [0.1, 0.15) is 50.3 Å². The van der Waals surface area contributed by atoms with Crippen molar-refractivity contribution in [3.8, 4) is 0 Å². The highest BCUT2D eigenvalue weighted by Gasteiger charge is 2.17. The van der Waals surface area contributed by atoms with Crippen LogP contribution in [0.15, 0.2) is 54.6 Å². The summed E-state index contributed by atoms with van der Waals surface area (Å²) in [6, 6.07) is 19.2. The minimum absolute atomic E-state index is 0.0425. The number of amides is 1. The number of thioether (sulfide) groups is 1. The Morgan fingerprint density at radius 2 is 1.93 bits per heavy atom. The Balaban J connectivity index is 1.41. The number of rotatable bonds is 8. The van der Waals surface area contributed by atoms with E-state index in [9.17, 15) is 4.79 Å². The number of hydrogen-bond acceptors (Lipinski definition) is 3. The highest BCUT2D eigenvalue weighted by molar-refractivity contribution is 7.98. The molecule has 150 valence electrons. The molecule has 28 heavy (non-hydrogen) atoms. The Hall–Kier alpha value is -1.94. The van der Waals surface area contributed by atoms with E-state index in [4.69, 9.17) is 0 Å². The zero-order valence-electron chi connectivity index (χ0n) is 17.1. The van der Waals surface area contributed by atoms with E-state index in [1.54, 1.807) is 0 Å². The van der Waals surface area contributed by atoms with Crippen molar-refractivity contribution in [2.45, 2.75) is 44.9 Å². The molecule has 0 radical (unpaired) electrons. The highest BCUT2D eigenvalue weighted by atomic mass is 32.2. The van der Waals surface area contributed by atoms with Gasteiger partial charge in [0.25, 0.3) is 0 Å². The van der Waals surface area contributed by atoms with Crippen molar-refractivity contribution in [3.63, 3.8) is 0 Å². The number of anilines is 1. The fourth-order valence-electron chi connectivity index (χ4n) is 3.72. The van der Waals surface area contributed by atoms with Crippen molar-refractivity contribution >= 4 is 23.4 Å². The molecule has 0 aromatic heterocycles. The first kappa shape index (κ1) is 20.8. The minimum atomic E-state index is 0.0425. The first-order valence-corrected chi connectivity index (χ1v) is 11.5. The van der Waals surface area contributed by atoms with E-state index in [0.717, 1.165) is 30.5 Å². The van der Waals surface area contributed by atoms with Gasteiger partial charge in [0.05, 0.1) is 6.04 Å². The van der Waals surface area contributed by atoms with Crippen LogP contribution in [0.3, 0.4) is 0 Å². The predicted molar refractivity (Wildman–Crippen MR) is 121 cm³/mol. The van der Waals surface area contributed by atoms with E-state index in [1.165, 1.54) is 29.7 Å². The molecule has 0 spiro atoms. The van der Waals surface area contributed by atoms with Gasteiger partial charge in [0.15, 0.2) is 0 Å². The Bertz CT molecular complexity index is 732. The van der Waals surface area contributed by atoms with Crippen LogP contribution < -0.4 is 10.2 Å². The molecule has 3 rings (SSSR count). The molecule has 0 bridgehead atoms. The lowest BCUT2D eigenvalue weighted by atomic mass is 9.99. The molecule has 4 heteroatoms. The van der Waals surface area contributed by atoms with Crippen molar-refractivity contribution in [1.82, 2.24) is 5.32 Å². The summed E-state index contributed by atoms with van der Waals surface area (Å²) in [6.07, 6.45) is 3.17. The summed E-state index contributed by atoms with van der Waals surface area (Å²) in [5.41, 5.74) is 3.77. The molecule has 3 nitrogen and oxygen atoms in total.